The molecular formula is C14H30O4S. The Morgan fingerprint density at radius 1 is 0.842 bits per heavy atom. The summed E-state index contributed by atoms with van der Waals surface area (Å²) in [6.07, 6.45) is 7.73. The van der Waals surface area contributed by atoms with E-state index in [1.807, 2.05) is 6.92 Å². The Hall–Kier alpha value is -0.130. The van der Waals surface area contributed by atoms with Gasteiger partial charge in [-0.2, -0.15) is 8.42 Å². The number of aliphatic hydroxyl groups is 1. The van der Waals surface area contributed by atoms with Crippen molar-refractivity contribution in [2.75, 3.05) is 0 Å². The largest absolute Gasteiger partial charge is 0.393 e. The molecule has 0 heterocycles. The van der Waals surface area contributed by atoms with E-state index in [9.17, 15) is 13.5 Å². The van der Waals surface area contributed by atoms with Crippen molar-refractivity contribution in [3.63, 3.8) is 0 Å². The normalized spacial score (nSPS) is 15.4. The maximum atomic E-state index is 11.2. The standard InChI is InChI=1S/C14H30O4S/c1-3-5-7-8-9-13(15)11-12-14(10-6-4-2)19(16,17)18/h13-15H,3-12H2,1-2H3,(H,16,17,18). The average Bonchev–Trinajstić information content (AvgIpc) is 2.33. The van der Waals surface area contributed by atoms with Crippen LogP contribution in [0.3, 0.4) is 0 Å². The minimum Gasteiger partial charge on any atom is -0.393 e. The van der Waals surface area contributed by atoms with Gasteiger partial charge in [-0.05, 0) is 25.7 Å². The molecule has 0 saturated carbocycles. The van der Waals surface area contributed by atoms with Crippen LogP contribution in [0.25, 0.3) is 0 Å². The smallest absolute Gasteiger partial charge is 0.267 e. The Balaban J connectivity index is 3.96. The summed E-state index contributed by atoms with van der Waals surface area (Å²) in [5.41, 5.74) is 0. The fourth-order valence-corrected chi connectivity index (χ4v) is 3.10. The van der Waals surface area contributed by atoms with Gasteiger partial charge in [0.1, 0.15) is 0 Å². The van der Waals surface area contributed by atoms with E-state index in [1.165, 1.54) is 6.42 Å². The van der Waals surface area contributed by atoms with E-state index in [0.29, 0.717) is 19.3 Å². The molecule has 0 radical (unpaired) electrons. The summed E-state index contributed by atoms with van der Waals surface area (Å²) in [6.45, 7) is 4.13. The molecule has 0 bridgehead atoms. The topological polar surface area (TPSA) is 74.6 Å². The van der Waals surface area contributed by atoms with Crippen LogP contribution in [0.15, 0.2) is 0 Å². The Kier molecular flexibility index (Phi) is 10.6. The lowest BCUT2D eigenvalue weighted by molar-refractivity contribution is 0.147. The summed E-state index contributed by atoms with van der Waals surface area (Å²) in [7, 11) is -3.97. The van der Waals surface area contributed by atoms with Crippen molar-refractivity contribution in [1.82, 2.24) is 0 Å². The van der Waals surface area contributed by atoms with Crippen LogP contribution in [0.2, 0.25) is 0 Å². The number of hydrogen-bond acceptors (Lipinski definition) is 3. The first kappa shape index (κ1) is 18.9. The molecule has 0 amide bonds. The summed E-state index contributed by atoms with van der Waals surface area (Å²) in [5.74, 6) is 0. The highest BCUT2D eigenvalue weighted by Gasteiger charge is 2.23. The van der Waals surface area contributed by atoms with Gasteiger partial charge >= 0.3 is 0 Å². The number of hydrogen-bond donors (Lipinski definition) is 2. The summed E-state index contributed by atoms with van der Waals surface area (Å²) >= 11 is 0. The van der Waals surface area contributed by atoms with Gasteiger partial charge in [-0.15, -0.1) is 0 Å². The van der Waals surface area contributed by atoms with Gasteiger partial charge in [0.15, 0.2) is 0 Å². The van der Waals surface area contributed by atoms with E-state index in [2.05, 4.69) is 6.92 Å². The van der Waals surface area contributed by atoms with Crippen molar-refractivity contribution < 1.29 is 18.1 Å². The van der Waals surface area contributed by atoms with Gasteiger partial charge in [-0.1, -0.05) is 52.4 Å². The minimum absolute atomic E-state index is 0.355. The molecule has 5 heteroatoms. The molecule has 4 nitrogen and oxygen atoms in total. The van der Waals surface area contributed by atoms with Crippen LogP contribution >= 0.6 is 0 Å². The molecule has 2 N–H and O–H groups in total. The van der Waals surface area contributed by atoms with Crippen LogP contribution in [-0.2, 0) is 10.1 Å². The second-order valence-electron chi connectivity index (χ2n) is 5.36. The Labute approximate surface area is 118 Å². The predicted molar refractivity (Wildman–Crippen MR) is 78.9 cm³/mol. The third kappa shape index (κ3) is 10.3. The number of aliphatic hydroxyl groups excluding tert-OH is 1. The lowest BCUT2D eigenvalue weighted by Crippen LogP contribution is -2.22. The van der Waals surface area contributed by atoms with E-state index < -0.39 is 21.5 Å². The third-order valence-electron chi connectivity index (χ3n) is 3.51. The molecule has 19 heavy (non-hydrogen) atoms. The first-order valence-corrected chi connectivity index (χ1v) is 9.06. The molecule has 0 aromatic rings. The molecular weight excluding hydrogens is 264 g/mol. The zero-order valence-corrected chi connectivity index (χ0v) is 13.2. The molecule has 0 rings (SSSR count). The Bertz CT molecular complexity index is 301. The van der Waals surface area contributed by atoms with Crippen molar-refractivity contribution in [1.29, 1.82) is 0 Å². The SMILES string of the molecule is CCCCCCC(O)CCC(CCCC)S(=O)(=O)O. The maximum absolute atomic E-state index is 11.2. The first-order valence-electron chi connectivity index (χ1n) is 7.56. The fraction of sp³-hybridized carbons (Fsp3) is 1.00. The zero-order valence-electron chi connectivity index (χ0n) is 12.3. The Morgan fingerprint density at radius 3 is 2.00 bits per heavy atom. The average molecular weight is 294 g/mol. The Morgan fingerprint density at radius 2 is 1.47 bits per heavy atom. The quantitative estimate of drug-likeness (QED) is 0.426. The van der Waals surface area contributed by atoms with Crippen LogP contribution < -0.4 is 0 Å². The highest BCUT2D eigenvalue weighted by molar-refractivity contribution is 7.86. The lowest BCUT2D eigenvalue weighted by atomic mass is 10.0. The van der Waals surface area contributed by atoms with Crippen LogP contribution in [0.1, 0.15) is 78.1 Å². The van der Waals surface area contributed by atoms with E-state index in [0.717, 1.165) is 38.5 Å². The van der Waals surface area contributed by atoms with E-state index in [4.69, 9.17) is 4.55 Å². The summed E-state index contributed by atoms with van der Waals surface area (Å²) in [4.78, 5) is 0. The minimum atomic E-state index is -3.97. The summed E-state index contributed by atoms with van der Waals surface area (Å²) in [6, 6.07) is 0. The molecule has 0 aromatic heterocycles. The third-order valence-corrected chi connectivity index (χ3v) is 4.83. The van der Waals surface area contributed by atoms with Crippen molar-refractivity contribution in [2.24, 2.45) is 0 Å². The zero-order chi connectivity index (χ0) is 14.7. The molecule has 0 aromatic carbocycles. The van der Waals surface area contributed by atoms with Gasteiger partial charge in [-0.3, -0.25) is 4.55 Å². The maximum Gasteiger partial charge on any atom is 0.267 e. The van der Waals surface area contributed by atoms with Crippen LogP contribution in [0, 0.1) is 0 Å². The van der Waals surface area contributed by atoms with Crippen LogP contribution in [0.5, 0.6) is 0 Å². The number of rotatable bonds is 12. The first-order chi connectivity index (χ1) is 8.91. The molecule has 2 unspecified atom stereocenters. The van der Waals surface area contributed by atoms with Gasteiger partial charge in [-0.25, -0.2) is 0 Å². The van der Waals surface area contributed by atoms with Crippen molar-refractivity contribution >= 4 is 10.1 Å². The fourth-order valence-electron chi connectivity index (χ4n) is 2.20. The molecule has 0 spiro atoms. The van der Waals surface area contributed by atoms with Crippen molar-refractivity contribution in [3.05, 3.63) is 0 Å². The van der Waals surface area contributed by atoms with E-state index in [-0.39, 0.29) is 0 Å². The summed E-state index contributed by atoms with van der Waals surface area (Å²) in [5, 5.41) is 9.10. The second-order valence-corrected chi connectivity index (χ2v) is 7.06. The van der Waals surface area contributed by atoms with E-state index in [1.54, 1.807) is 0 Å². The highest BCUT2D eigenvalue weighted by atomic mass is 32.2. The monoisotopic (exact) mass is 294 g/mol. The van der Waals surface area contributed by atoms with Crippen LogP contribution in [0.4, 0.5) is 0 Å². The van der Waals surface area contributed by atoms with Gasteiger partial charge in [0.25, 0.3) is 10.1 Å². The van der Waals surface area contributed by atoms with Gasteiger partial charge in [0, 0.05) is 0 Å². The van der Waals surface area contributed by atoms with Crippen LogP contribution in [-0.4, -0.2) is 29.4 Å². The predicted octanol–water partition coefficient (Wildman–Crippen LogP) is 3.54. The van der Waals surface area contributed by atoms with E-state index >= 15 is 0 Å². The molecule has 0 fully saturated rings. The molecule has 2 atom stereocenters. The van der Waals surface area contributed by atoms with Gasteiger partial charge in [0.05, 0.1) is 11.4 Å². The van der Waals surface area contributed by atoms with Gasteiger partial charge < -0.3 is 5.11 Å². The molecule has 0 aliphatic carbocycles. The molecule has 0 aliphatic heterocycles. The second kappa shape index (κ2) is 10.6. The molecule has 116 valence electrons. The van der Waals surface area contributed by atoms with Crippen molar-refractivity contribution in [3.8, 4) is 0 Å². The summed E-state index contributed by atoms with van der Waals surface area (Å²) < 4.78 is 31.6. The highest BCUT2D eigenvalue weighted by Crippen LogP contribution is 2.18. The lowest BCUT2D eigenvalue weighted by Gasteiger charge is -2.16. The van der Waals surface area contributed by atoms with Crippen molar-refractivity contribution in [2.45, 2.75) is 89.4 Å². The van der Waals surface area contributed by atoms with Gasteiger partial charge in [0.2, 0.25) is 0 Å². The molecule has 0 saturated heterocycles. The number of unbranched alkanes of at least 4 members (excludes halogenated alkanes) is 4. The molecule has 0 aliphatic rings.